The van der Waals surface area contributed by atoms with Crippen LogP contribution in [0.1, 0.15) is 31.2 Å². The first kappa shape index (κ1) is 16.6. The minimum absolute atomic E-state index is 0.167. The molecule has 2 amide bonds. The lowest BCUT2D eigenvalue weighted by Gasteiger charge is -2.19. The fraction of sp³-hybridized carbons (Fsp3) is 0.389. The molecule has 5 nitrogen and oxygen atoms in total. The summed E-state index contributed by atoms with van der Waals surface area (Å²) in [5.74, 6) is -0.533. The molecule has 0 unspecified atom stereocenters. The lowest BCUT2D eigenvalue weighted by Crippen LogP contribution is -2.31. The SMILES string of the molecule is O=C1[C@H]2CCCC[C@H]2C(=O)N1c1nn(Cc2ccccc2Cl)cc1Cl. The topological polar surface area (TPSA) is 55.2 Å². The molecule has 1 aliphatic heterocycles. The van der Waals surface area contributed by atoms with Crippen molar-refractivity contribution in [1.82, 2.24) is 9.78 Å². The second kappa shape index (κ2) is 6.46. The number of aromatic nitrogens is 2. The Balaban J connectivity index is 1.63. The van der Waals surface area contributed by atoms with E-state index in [1.165, 1.54) is 4.90 Å². The quantitative estimate of drug-likeness (QED) is 0.761. The van der Waals surface area contributed by atoms with E-state index >= 15 is 0 Å². The summed E-state index contributed by atoms with van der Waals surface area (Å²) in [4.78, 5) is 26.6. The Morgan fingerprint density at radius 2 is 1.64 bits per heavy atom. The summed E-state index contributed by atoms with van der Waals surface area (Å²) in [6, 6.07) is 7.46. The molecule has 2 fully saturated rings. The van der Waals surface area contributed by atoms with Crippen LogP contribution in [-0.4, -0.2) is 21.6 Å². The van der Waals surface area contributed by atoms with Gasteiger partial charge >= 0.3 is 0 Å². The van der Waals surface area contributed by atoms with Crippen LogP contribution in [0.2, 0.25) is 10.0 Å². The van der Waals surface area contributed by atoms with Crippen molar-refractivity contribution in [3.63, 3.8) is 0 Å². The third-order valence-corrected chi connectivity index (χ3v) is 5.68. The maximum atomic E-state index is 12.7. The summed E-state index contributed by atoms with van der Waals surface area (Å²) in [7, 11) is 0. The van der Waals surface area contributed by atoms with Gasteiger partial charge in [-0.25, -0.2) is 4.90 Å². The fourth-order valence-corrected chi connectivity index (χ4v) is 4.22. The second-order valence-corrected chi connectivity index (χ2v) is 7.41. The molecule has 1 saturated heterocycles. The number of amides is 2. The lowest BCUT2D eigenvalue weighted by atomic mass is 9.81. The van der Waals surface area contributed by atoms with Crippen molar-refractivity contribution >= 4 is 40.8 Å². The zero-order valence-corrected chi connectivity index (χ0v) is 15.0. The average Bonchev–Trinajstić information content (AvgIpc) is 3.08. The molecule has 7 heteroatoms. The van der Waals surface area contributed by atoms with Crippen molar-refractivity contribution < 1.29 is 9.59 Å². The van der Waals surface area contributed by atoms with Gasteiger partial charge in [-0.2, -0.15) is 5.10 Å². The third-order valence-electron chi connectivity index (χ3n) is 5.04. The van der Waals surface area contributed by atoms with Crippen LogP contribution in [-0.2, 0) is 16.1 Å². The second-order valence-electron chi connectivity index (χ2n) is 6.60. The molecule has 2 heterocycles. The van der Waals surface area contributed by atoms with Gasteiger partial charge in [0.25, 0.3) is 0 Å². The Kier molecular flexibility index (Phi) is 4.29. The van der Waals surface area contributed by atoms with Crippen LogP contribution < -0.4 is 4.90 Å². The van der Waals surface area contributed by atoms with Gasteiger partial charge in [-0.15, -0.1) is 0 Å². The fourth-order valence-electron chi connectivity index (χ4n) is 3.79. The number of rotatable bonds is 3. The molecule has 0 spiro atoms. The number of nitrogens with zero attached hydrogens (tertiary/aromatic N) is 3. The Morgan fingerprint density at radius 3 is 2.28 bits per heavy atom. The van der Waals surface area contributed by atoms with E-state index in [-0.39, 0.29) is 29.5 Å². The molecule has 4 rings (SSSR count). The molecule has 1 aliphatic carbocycles. The van der Waals surface area contributed by atoms with E-state index in [2.05, 4.69) is 5.10 Å². The zero-order valence-electron chi connectivity index (χ0n) is 13.5. The van der Waals surface area contributed by atoms with Crippen molar-refractivity contribution in [2.75, 3.05) is 4.90 Å². The molecule has 0 N–H and O–H groups in total. The number of imide groups is 1. The third kappa shape index (κ3) is 2.85. The summed E-state index contributed by atoms with van der Waals surface area (Å²) in [5.41, 5.74) is 0.891. The van der Waals surface area contributed by atoms with Crippen molar-refractivity contribution in [2.45, 2.75) is 32.2 Å². The predicted molar refractivity (Wildman–Crippen MR) is 95.7 cm³/mol. The Labute approximate surface area is 155 Å². The zero-order chi connectivity index (χ0) is 17.6. The van der Waals surface area contributed by atoms with Gasteiger partial charge in [0.2, 0.25) is 11.8 Å². The van der Waals surface area contributed by atoms with Gasteiger partial charge in [-0.05, 0) is 24.5 Å². The molecule has 2 atom stereocenters. The Morgan fingerprint density at radius 1 is 1.00 bits per heavy atom. The van der Waals surface area contributed by atoms with Crippen molar-refractivity contribution in [1.29, 1.82) is 0 Å². The van der Waals surface area contributed by atoms with E-state index in [0.717, 1.165) is 31.2 Å². The van der Waals surface area contributed by atoms with Gasteiger partial charge in [0.1, 0.15) is 5.02 Å². The smallest absolute Gasteiger partial charge is 0.238 e. The van der Waals surface area contributed by atoms with E-state index in [1.807, 2.05) is 18.2 Å². The number of benzene rings is 1. The maximum Gasteiger partial charge on any atom is 0.238 e. The van der Waals surface area contributed by atoms with Gasteiger partial charge in [0.15, 0.2) is 5.82 Å². The van der Waals surface area contributed by atoms with Crippen LogP contribution in [0.25, 0.3) is 0 Å². The van der Waals surface area contributed by atoms with Gasteiger partial charge in [0, 0.05) is 11.2 Å². The summed E-state index contributed by atoms with van der Waals surface area (Å²) < 4.78 is 1.61. The number of hydrogen-bond donors (Lipinski definition) is 0. The van der Waals surface area contributed by atoms with Crippen LogP contribution >= 0.6 is 23.2 Å². The molecule has 0 bridgehead atoms. The van der Waals surface area contributed by atoms with Crippen LogP contribution in [0.4, 0.5) is 5.82 Å². The highest BCUT2D eigenvalue weighted by Gasteiger charge is 2.50. The van der Waals surface area contributed by atoms with Gasteiger partial charge in [0.05, 0.1) is 18.4 Å². The molecule has 2 aliphatic rings. The minimum Gasteiger partial charge on any atom is -0.274 e. The van der Waals surface area contributed by atoms with E-state index in [1.54, 1.807) is 16.9 Å². The van der Waals surface area contributed by atoms with Crippen molar-refractivity contribution in [3.05, 3.63) is 46.1 Å². The first-order valence-corrected chi connectivity index (χ1v) is 9.16. The lowest BCUT2D eigenvalue weighted by molar-refractivity contribution is -0.122. The molecule has 25 heavy (non-hydrogen) atoms. The highest BCUT2D eigenvalue weighted by atomic mass is 35.5. The molecular weight excluding hydrogens is 361 g/mol. The monoisotopic (exact) mass is 377 g/mol. The Bertz CT molecular complexity index is 825. The summed E-state index contributed by atoms with van der Waals surface area (Å²) >= 11 is 12.5. The van der Waals surface area contributed by atoms with Crippen LogP contribution in [0.3, 0.4) is 0 Å². The van der Waals surface area contributed by atoms with E-state index < -0.39 is 0 Å². The van der Waals surface area contributed by atoms with E-state index in [0.29, 0.717) is 16.6 Å². The number of halogens is 2. The highest BCUT2D eigenvalue weighted by molar-refractivity contribution is 6.35. The van der Waals surface area contributed by atoms with Crippen molar-refractivity contribution in [3.8, 4) is 0 Å². The van der Waals surface area contributed by atoms with E-state index in [9.17, 15) is 9.59 Å². The molecule has 2 aromatic rings. The maximum absolute atomic E-state index is 12.7. The predicted octanol–water partition coefficient (Wildman–Crippen LogP) is 3.92. The average molecular weight is 378 g/mol. The molecule has 0 radical (unpaired) electrons. The molecule has 1 aromatic carbocycles. The normalized spacial score (nSPS) is 23.2. The van der Waals surface area contributed by atoms with Gasteiger partial charge < -0.3 is 0 Å². The van der Waals surface area contributed by atoms with Crippen LogP contribution in [0, 0.1) is 11.8 Å². The molecule has 130 valence electrons. The van der Waals surface area contributed by atoms with Crippen molar-refractivity contribution in [2.24, 2.45) is 11.8 Å². The largest absolute Gasteiger partial charge is 0.274 e. The number of carbonyl (C=O) groups is 2. The molecular formula is C18H17Cl2N3O2. The van der Waals surface area contributed by atoms with Gasteiger partial charge in [-0.1, -0.05) is 54.2 Å². The number of anilines is 1. The number of fused-ring (bicyclic) bond motifs is 1. The number of carbonyl (C=O) groups excluding carboxylic acids is 2. The Hall–Kier alpha value is -1.85. The van der Waals surface area contributed by atoms with E-state index in [4.69, 9.17) is 23.2 Å². The number of hydrogen-bond acceptors (Lipinski definition) is 3. The summed E-state index contributed by atoms with van der Waals surface area (Å²) in [5, 5.41) is 5.33. The van der Waals surface area contributed by atoms with Gasteiger partial charge in [-0.3, -0.25) is 14.3 Å². The standard InChI is InChI=1S/C18H17Cl2N3O2/c19-14-8-4-1-5-11(14)9-22-10-15(20)16(21-22)23-17(24)12-6-2-3-7-13(12)18(23)25/h1,4-5,8,10,12-13H,2-3,6-7,9H2/t12-,13+. The van der Waals surface area contributed by atoms with Crippen LogP contribution in [0.5, 0.6) is 0 Å². The minimum atomic E-state index is -0.217. The highest BCUT2D eigenvalue weighted by Crippen LogP contribution is 2.41. The first-order valence-electron chi connectivity index (χ1n) is 8.40. The summed E-state index contributed by atoms with van der Waals surface area (Å²) in [6.07, 6.45) is 5.14. The molecule has 1 aromatic heterocycles. The molecule has 1 saturated carbocycles. The summed E-state index contributed by atoms with van der Waals surface area (Å²) in [6.45, 7) is 0.419. The first-order chi connectivity index (χ1) is 12.1. The van der Waals surface area contributed by atoms with Crippen LogP contribution in [0.15, 0.2) is 30.5 Å².